The number of benzene rings is 1. The third kappa shape index (κ3) is 3.66. The van der Waals surface area contributed by atoms with E-state index < -0.39 is 17.5 Å². The lowest BCUT2D eigenvalue weighted by Crippen LogP contribution is -2.47. The van der Waals surface area contributed by atoms with Gasteiger partial charge in [0, 0.05) is 12.5 Å². The van der Waals surface area contributed by atoms with E-state index in [4.69, 9.17) is 4.74 Å². The molecule has 0 spiro atoms. The minimum atomic E-state index is -1.10. The summed E-state index contributed by atoms with van der Waals surface area (Å²) in [6.45, 7) is 1.43. The van der Waals surface area contributed by atoms with E-state index in [-0.39, 0.29) is 18.5 Å². The lowest BCUT2D eigenvalue weighted by molar-refractivity contribution is -0.134. The van der Waals surface area contributed by atoms with Gasteiger partial charge in [-0.25, -0.2) is 4.79 Å². The molecule has 1 aliphatic heterocycles. The summed E-state index contributed by atoms with van der Waals surface area (Å²) in [5.74, 6) is -0.0230. The van der Waals surface area contributed by atoms with Crippen molar-refractivity contribution in [3.63, 3.8) is 0 Å². The van der Waals surface area contributed by atoms with Gasteiger partial charge >= 0.3 is 6.03 Å². The molecule has 1 aromatic carbocycles. The Balaban J connectivity index is 1.68. The first kappa shape index (κ1) is 18.2. The summed E-state index contributed by atoms with van der Waals surface area (Å²) in [5, 5.41) is 5.64. The van der Waals surface area contributed by atoms with Crippen molar-refractivity contribution in [1.29, 1.82) is 0 Å². The fraction of sp³-hybridized carbons (Fsp3) is 0.526. The van der Waals surface area contributed by atoms with Crippen LogP contribution in [-0.2, 0) is 16.0 Å². The molecule has 0 bridgehead atoms. The lowest BCUT2D eigenvalue weighted by atomic mass is 9.92. The Morgan fingerprint density at radius 2 is 2.00 bits per heavy atom. The van der Waals surface area contributed by atoms with Gasteiger partial charge in [-0.1, -0.05) is 31.0 Å². The maximum Gasteiger partial charge on any atom is 0.325 e. The van der Waals surface area contributed by atoms with Crippen LogP contribution in [0.25, 0.3) is 0 Å². The van der Waals surface area contributed by atoms with Crippen LogP contribution in [0.15, 0.2) is 24.3 Å². The van der Waals surface area contributed by atoms with E-state index in [1.54, 1.807) is 14.0 Å². The maximum atomic E-state index is 12.8. The summed E-state index contributed by atoms with van der Waals surface area (Å²) >= 11 is 0. The Hall–Kier alpha value is -2.57. The smallest absolute Gasteiger partial charge is 0.325 e. The minimum Gasteiger partial charge on any atom is -0.496 e. The zero-order valence-electron chi connectivity index (χ0n) is 15.2. The van der Waals surface area contributed by atoms with Crippen molar-refractivity contribution in [2.75, 3.05) is 13.7 Å². The molecule has 1 aromatic rings. The molecule has 1 aliphatic carbocycles. The first-order chi connectivity index (χ1) is 12.4. The number of hydrogen-bond donors (Lipinski definition) is 2. The minimum absolute atomic E-state index is 0.156. The van der Waals surface area contributed by atoms with Crippen molar-refractivity contribution in [1.82, 2.24) is 15.5 Å². The van der Waals surface area contributed by atoms with Crippen molar-refractivity contribution >= 4 is 17.8 Å². The molecule has 7 heteroatoms. The normalized spacial score (nSPS) is 23.2. The standard InChI is InChI=1S/C19H25N3O4/c1-19(11-13-7-3-6-10-15(13)26-2)17(24)22(18(25)21-19)12-16(23)20-14-8-4-5-9-14/h3,6-7,10,14H,4-5,8-9,11-12H2,1-2H3,(H,20,23)(H,21,25)/t19-/m0/s1. The van der Waals surface area contributed by atoms with Crippen LogP contribution in [0.4, 0.5) is 4.79 Å². The van der Waals surface area contributed by atoms with Crippen molar-refractivity contribution in [3.8, 4) is 5.75 Å². The van der Waals surface area contributed by atoms with Crippen LogP contribution < -0.4 is 15.4 Å². The molecule has 0 radical (unpaired) electrons. The van der Waals surface area contributed by atoms with E-state index in [2.05, 4.69) is 10.6 Å². The number of urea groups is 1. The van der Waals surface area contributed by atoms with Gasteiger partial charge in [0.05, 0.1) is 7.11 Å². The van der Waals surface area contributed by atoms with Gasteiger partial charge in [-0.3, -0.25) is 14.5 Å². The molecule has 4 amide bonds. The Labute approximate surface area is 153 Å². The quantitative estimate of drug-likeness (QED) is 0.756. The highest BCUT2D eigenvalue weighted by Crippen LogP contribution is 2.27. The van der Waals surface area contributed by atoms with E-state index >= 15 is 0 Å². The van der Waals surface area contributed by atoms with E-state index in [0.717, 1.165) is 36.1 Å². The van der Waals surface area contributed by atoms with Gasteiger partial charge in [0.1, 0.15) is 17.8 Å². The molecule has 2 N–H and O–H groups in total. The number of carbonyl (C=O) groups is 3. The van der Waals surface area contributed by atoms with E-state index in [0.29, 0.717) is 12.2 Å². The molecule has 0 aromatic heterocycles. The second kappa shape index (κ2) is 7.35. The van der Waals surface area contributed by atoms with Gasteiger partial charge in [0.25, 0.3) is 5.91 Å². The number of ether oxygens (including phenoxy) is 1. The van der Waals surface area contributed by atoms with Gasteiger partial charge in [0.2, 0.25) is 5.91 Å². The molecule has 2 fully saturated rings. The van der Waals surface area contributed by atoms with E-state index in [9.17, 15) is 14.4 Å². The molecule has 1 atom stereocenters. The average Bonchev–Trinajstić information content (AvgIpc) is 3.18. The van der Waals surface area contributed by atoms with Crippen molar-refractivity contribution in [2.45, 2.75) is 50.6 Å². The summed E-state index contributed by atoms with van der Waals surface area (Å²) in [5.41, 5.74) is -0.275. The second-order valence-corrected chi connectivity index (χ2v) is 7.19. The largest absolute Gasteiger partial charge is 0.496 e. The predicted molar refractivity (Wildman–Crippen MR) is 95.7 cm³/mol. The predicted octanol–water partition coefficient (Wildman–Crippen LogP) is 1.61. The molecule has 140 valence electrons. The summed E-state index contributed by atoms with van der Waals surface area (Å²) < 4.78 is 5.33. The molecule has 1 saturated heterocycles. The van der Waals surface area contributed by atoms with Crippen LogP contribution in [0.5, 0.6) is 5.75 Å². The van der Waals surface area contributed by atoms with E-state index in [1.807, 2.05) is 24.3 Å². The van der Waals surface area contributed by atoms with Crippen LogP contribution in [0.1, 0.15) is 38.2 Å². The summed E-state index contributed by atoms with van der Waals surface area (Å²) in [6, 6.07) is 7.00. The molecule has 3 rings (SSSR count). The molecular formula is C19H25N3O4. The maximum absolute atomic E-state index is 12.8. The number of nitrogens with one attached hydrogen (secondary N) is 2. The van der Waals surface area contributed by atoms with Gasteiger partial charge < -0.3 is 15.4 Å². The van der Waals surface area contributed by atoms with Crippen LogP contribution in [0.3, 0.4) is 0 Å². The number of imide groups is 1. The number of para-hydroxylation sites is 1. The average molecular weight is 359 g/mol. The van der Waals surface area contributed by atoms with Crippen molar-refractivity contribution in [3.05, 3.63) is 29.8 Å². The van der Waals surface area contributed by atoms with Gasteiger partial charge in [-0.05, 0) is 31.4 Å². The highest BCUT2D eigenvalue weighted by atomic mass is 16.5. The van der Waals surface area contributed by atoms with Gasteiger partial charge in [-0.15, -0.1) is 0 Å². The van der Waals surface area contributed by atoms with Crippen LogP contribution in [0.2, 0.25) is 0 Å². The SMILES string of the molecule is COc1ccccc1C[C@]1(C)NC(=O)N(CC(=O)NC2CCCC2)C1=O. The Morgan fingerprint density at radius 1 is 1.31 bits per heavy atom. The summed E-state index contributed by atoms with van der Waals surface area (Å²) in [4.78, 5) is 38.3. The van der Waals surface area contributed by atoms with Crippen LogP contribution in [-0.4, -0.2) is 48.0 Å². The molecule has 1 saturated carbocycles. The number of amides is 4. The Kier molecular flexibility index (Phi) is 5.15. The lowest BCUT2D eigenvalue weighted by Gasteiger charge is -2.23. The summed E-state index contributed by atoms with van der Waals surface area (Å²) in [6.07, 6.45) is 4.41. The molecule has 0 unspecified atom stereocenters. The number of methoxy groups -OCH3 is 1. The van der Waals surface area contributed by atoms with Crippen LogP contribution >= 0.6 is 0 Å². The monoisotopic (exact) mass is 359 g/mol. The topological polar surface area (TPSA) is 87.7 Å². The second-order valence-electron chi connectivity index (χ2n) is 7.19. The third-order valence-corrected chi connectivity index (χ3v) is 5.10. The zero-order valence-corrected chi connectivity index (χ0v) is 15.2. The Bertz CT molecular complexity index is 714. The molecule has 2 aliphatic rings. The molecule has 1 heterocycles. The fourth-order valence-electron chi connectivity index (χ4n) is 3.73. The van der Waals surface area contributed by atoms with Crippen LogP contribution in [0, 0.1) is 0 Å². The number of hydrogen-bond acceptors (Lipinski definition) is 4. The highest BCUT2D eigenvalue weighted by Gasteiger charge is 2.48. The molecular weight excluding hydrogens is 334 g/mol. The third-order valence-electron chi connectivity index (χ3n) is 5.10. The van der Waals surface area contributed by atoms with E-state index in [1.165, 1.54) is 0 Å². The van der Waals surface area contributed by atoms with Gasteiger partial charge in [0.15, 0.2) is 0 Å². The van der Waals surface area contributed by atoms with Crippen molar-refractivity contribution < 1.29 is 19.1 Å². The number of carbonyl (C=O) groups excluding carboxylic acids is 3. The first-order valence-electron chi connectivity index (χ1n) is 8.98. The number of nitrogens with zero attached hydrogens (tertiary/aromatic N) is 1. The highest BCUT2D eigenvalue weighted by molar-refractivity contribution is 6.09. The first-order valence-corrected chi connectivity index (χ1v) is 8.98. The van der Waals surface area contributed by atoms with Gasteiger partial charge in [-0.2, -0.15) is 0 Å². The fourth-order valence-corrected chi connectivity index (χ4v) is 3.73. The molecule has 26 heavy (non-hydrogen) atoms. The summed E-state index contributed by atoms with van der Waals surface area (Å²) in [7, 11) is 1.57. The molecule has 7 nitrogen and oxygen atoms in total. The zero-order chi connectivity index (χ0) is 18.7. The number of rotatable bonds is 6. The van der Waals surface area contributed by atoms with Crippen molar-refractivity contribution in [2.24, 2.45) is 0 Å². The Morgan fingerprint density at radius 3 is 2.69 bits per heavy atom.